The van der Waals surface area contributed by atoms with Crippen LogP contribution in [0.2, 0.25) is 0 Å². The van der Waals surface area contributed by atoms with E-state index in [1.54, 1.807) is 6.07 Å². The summed E-state index contributed by atoms with van der Waals surface area (Å²) in [6.07, 6.45) is 4.77. The standard InChI is InChI=1S/C15H14BrFN2O2/c16-9-6-7-12(11(17)8-9)18-15(20)14-10-4-2-1-3-5-13(10)21-19-14/h6-8H,1-5H2,(H,18,20). The number of carbonyl (C=O) groups is 1. The van der Waals surface area contributed by atoms with Gasteiger partial charge in [0.25, 0.3) is 5.91 Å². The zero-order chi connectivity index (χ0) is 14.8. The summed E-state index contributed by atoms with van der Waals surface area (Å²) in [6.45, 7) is 0. The molecule has 0 aliphatic heterocycles. The molecule has 0 fully saturated rings. The number of aromatic nitrogens is 1. The van der Waals surface area contributed by atoms with Crippen molar-refractivity contribution in [2.45, 2.75) is 32.1 Å². The maximum atomic E-state index is 13.8. The minimum absolute atomic E-state index is 0.133. The van der Waals surface area contributed by atoms with Gasteiger partial charge < -0.3 is 9.84 Å². The summed E-state index contributed by atoms with van der Waals surface area (Å²) in [5, 5.41) is 6.42. The van der Waals surface area contributed by atoms with Gasteiger partial charge in [-0.05, 0) is 37.5 Å². The predicted molar refractivity (Wildman–Crippen MR) is 79.8 cm³/mol. The first-order chi connectivity index (χ1) is 10.1. The fraction of sp³-hybridized carbons (Fsp3) is 0.333. The van der Waals surface area contributed by atoms with E-state index >= 15 is 0 Å². The third-order valence-corrected chi connectivity index (χ3v) is 4.09. The fourth-order valence-corrected chi connectivity index (χ4v) is 2.85. The summed E-state index contributed by atoms with van der Waals surface area (Å²) < 4.78 is 19.6. The molecule has 4 nitrogen and oxygen atoms in total. The van der Waals surface area contributed by atoms with Crippen molar-refractivity contribution in [3.05, 3.63) is 45.5 Å². The first kappa shape index (κ1) is 14.3. The van der Waals surface area contributed by atoms with E-state index in [9.17, 15) is 9.18 Å². The van der Waals surface area contributed by atoms with Gasteiger partial charge in [0.2, 0.25) is 0 Å². The summed E-state index contributed by atoms with van der Waals surface area (Å²) in [6, 6.07) is 4.48. The molecule has 1 heterocycles. The summed E-state index contributed by atoms with van der Waals surface area (Å²) in [4.78, 5) is 12.3. The number of nitrogens with one attached hydrogen (secondary N) is 1. The predicted octanol–water partition coefficient (Wildman–Crippen LogP) is 4.10. The van der Waals surface area contributed by atoms with Crippen molar-refractivity contribution in [3.63, 3.8) is 0 Å². The van der Waals surface area contributed by atoms with Crippen LogP contribution in [0, 0.1) is 5.82 Å². The number of nitrogens with zero attached hydrogens (tertiary/aromatic N) is 1. The molecule has 1 aliphatic rings. The van der Waals surface area contributed by atoms with E-state index < -0.39 is 11.7 Å². The molecule has 1 aliphatic carbocycles. The topological polar surface area (TPSA) is 55.1 Å². The van der Waals surface area contributed by atoms with E-state index in [1.165, 1.54) is 12.1 Å². The molecule has 0 radical (unpaired) electrons. The van der Waals surface area contributed by atoms with Crippen LogP contribution >= 0.6 is 15.9 Å². The maximum Gasteiger partial charge on any atom is 0.278 e. The highest BCUT2D eigenvalue weighted by Gasteiger charge is 2.23. The number of aryl methyl sites for hydroxylation is 1. The third-order valence-electron chi connectivity index (χ3n) is 3.59. The molecule has 1 aromatic carbocycles. The highest BCUT2D eigenvalue weighted by molar-refractivity contribution is 9.10. The molecule has 0 unspecified atom stereocenters. The van der Waals surface area contributed by atoms with Gasteiger partial charge >= 0.3 is 0 Å². The van der Waals surface area contributed by atoms with E-state index in [0.29, 0.717) is 4.47 Å². The summed E-state index contributed by atoms with van der Waals surface area (Å²) in [5.41, 5.74) is 1.27. The van der Waals surface area contributed by atoms with Crippen molar-refractivity contribution >= 4 is 27.5 Å². The second-order valence-corrected chi connectivity index (χ2v) is 5.99. The Bertz CT molecular complexity index is 684. The second-order valence-electron chi connectivity index (χ2n) is 5.07. The van der Waals surface area contributed by atoms with Crippen LogP contribution in [-0.2, 0) is 12.8 Å². The monoisotopic (exact) mass is 352 g/mol. The van der Waals surface area contributed by atoms with Gasteiger partial charge in [0.05, 0.1) is 5.69 Å². The van der Waals surface area contributed by atoms with Crippen molar-refractivity contribution in [2.24, 2.45) is 0 Å². The Hall–Kier alpha value is -1.69. The molecule has 1 amide bonds. The van der Waals surface area contributed by atoms with Crippen LogP contribution in [0.4, 0.5) is 10.1 Å². The zero-order valence-corrected chi connectivity index (χ0v) is 12.9. The minimum atomic E-state index is -0.493. The first-order valence-electron chi connectivity index (χ1n) is 6.89. The molecule has 0 bridgehead atoms. The maximum absolute atomic E-state index is 13.8. The SMILES string of the molecule is O=C(Nc1ccc(Br)cc1F)c1noc2c1CCCCC2. The van der Waals surface area contributed by atoms with Gasteiger partial charge in [0.15, 0.2) is 5.69 Å². The number of hydrogen-bond acceptors (Lipinski definition) is 3. The molecule has 3 rings (SSSR count). The molecule has 2 aromatic rings. The quantitative estimate of drug-likeness (QED) is 0.827. The van der Waals surface area contributed by atoms with E-state index in [4.69, 9.17) is 4.52 Å². The normalized spacial score (nSPS) is 14.4. The van der Waals surface area contributed by atoms with Crippen LogP contribution in [0.5, 0.6) is 0 Å². The van der Waals surface area contributed by atoms with E-state index in [2.05, 4.69) is 26.4 Å². The van der Waals surface area contributed by atoms with Crippen LogP contribution in [0.1, 0.15) is 41.1 Å². The van der Waals surface area contributed by atoms with E-state index in [0.717, 1.165) is 43.4 Å². The van der Waals surface area contributed by atoms with Crippen molar-refractivity contribution in [1.29, 1.82) is 0 Å². The molecule has 110 valence electrons. The van der Waals surface area contributed by atoms with Crippen LogP contribution < -0.4 is 5.32 Å². The molecule has 6 heteroatoms. The number of amides is 1. The van der Waals surface area contributed by atoms with Gasteiger partial charge in [0.1, 0.15) is 11.6 Å². The number of halogens is 2. The minimum Gasteiger partial charge on any atom is -0.360 e. The Kier molecular flexibility index (Phi) is 4.05. The average molecular weight is 353 g/mol. The van der Waals surface area contributed by atoms with Crippen molar-refractivity contribution in [1.82, 2.24) is 5.16 Å². The number of carbonyl (C=O) groups excluding carboxylic acids is 1. The van der Waals surface area contributed by atoms with Crippen molar-refractivity contribution < 1.29 is 13.7 Å². The zero-order valence-electron chi connectivity index (χ0n) is 11.3. The lowest BCUT2D eigenvalue weighted by Gasteiger charge is -2.06. The molecule has 1 N–H and O–H groups in total. The van der Waals surface area contributed by atoms with Gasteiger partial charge in [-0.2, -0.15) is 0 Å². The number of rotatable bonds is 2. The highest BCUT2D eigenvalue weighted by atomic mass is 79.9. The van der Waals surface area contributed by atoms with Crippen LogP contribution in [0.25, 0.3) is 0 Å². The Morgan fingerprint density at radius 2 is 2.10 bits per heavy atom. The molecular formula is C15H14BrFN2O2. The van der Waals surface area contributed by atoms with Crippen LogP contribution in [-0.4, -0.2) is 11.1 Å². The number of fused-ring (bicyclic) bond motifs is 1. The smallest absolute Gasteiger partial charge is 0.278 e. The third kappa shape index (κ3) is 3.00. The molecule has 0 atom stereocenters. The molecular weight excluding hydrogens is 339 g/mol. The fourth-order valence-electron chi connectivity index (χ4n) is 2.51. The van der Waals surface area contributed by atoms with Gasteiger partial charge in [-0.1, -0.05) is 27.5 Å². The Morgan fingerprint density at radius 1 is 1.29 bits per heavy atom. The number of hydrogen-bond donors (Lipinski definition) is 1. The molecule has 0 saturated carbocycles. The molecule has 1 aromatic heterocycles. The Morgan fingerprint density at radius 3 is 2.90 bits per heavy atom. The van der Waals surface area contributed by atoms with Crippen molar-refractivity contribution in [2.75, 3.05) is 5.32 Å². The van der Waals surface area contributed by atoms with Gasteiger partial charge in [0, 0.05) is 16.5 Å². The lowest BCUT2D eigenvalue weighted by atomic mass is 10.1. The summed E-state index contributed by atoms with van der Waals surface area (Å²) >= 11 is 3.18. The highest BCUT2D eigenvalue weighted by Crippen LogP contribution is 2.25. The van der Waals surface area contributed by atoms with E-state index in [1.807, 2.05) is 0 Å². The van der Waals surface area contributed by atoms with Crippen molar-refractivity contribution in [3.8, 4) is 0 Å². The molecule has 0 saturated heterocycles. The Balaban J connectivity index is 1.84. The second kappa shape index (κ2) is 5.97. The van der Waals surface area contributed by atoms with Crippen LogP contribution in [0.15, 0.2) is 27.2 Å². The number of anilines is 1. The molecule has 21 heavy (non-hydrogen) atoms. The Labute approximate surface area is 129 Å². The lowest BCUT2D eigenvalue weighted by Crippen LogP contribution is -2.15. The first-order valence-corrected chi connectivity index (χ1v) is 7.68. The molecule has 0 spiro atoms. The largest absolute Gasteiger partial charge is 0.360 e. The number of benzene rings is 1. The lowest BCUT2D eigenvalue weighted by molar-refractivity contribution is 0.101. The van der Waals surface area contributed by atoms with Gasteiger partial charge in [-0.25, -0.2) is 4.39 Å². The van der Waals surface area contributed by atoms with Gasteiger partial charge in [-0.3, -0.25) is 4.79 Å². The summed E-state index contributed by atoms with van der Waals surface area (Å²) in [5.74, 6) is -0.135. The van der Waals surface area contributed by atoms with Gasteiger partial charge in [-0.15, -0.1) is 0 Å². The summed E-state index contributed by atoms with van der Waals surface area (Å²) in [7, 11) is 0. The van der Waals surface area contributed by atoms with E-state index in [-0.39, 0.29) is 11.4 Å². The van der Waals surface area contributed by atoms with Crippen LogP contribution in [0.3, 0.4) is 0 Å². The average Bonchev–Trinajstić information content (AvgIpc) is 2.71.